The zero-order chi connectivity index (χ0) is 22.3. The largest absolute Gasteiger partial charge is 0.490 e. The molecule has 3 aromatic rings. The van der Waals surface area contributed by atoms with Gasteiger partial charge in [0.15, 0.2) is 12.3 Å². The highest BCUT2D eigenvalue weighted by Crippen LogP contribution is 2.42. The third-order valence-electron chi connectivity index (χ3n) is 5.48. The molecule has 1 aliphatic rings. The fourth-order valence-corrected chi connectivity index (χ4v) is 4.06. The predicted molar refractivity (Wildman–Crippen MR) is 116 cm³/mol. The Morgan fingerprint density at radius 3 is 2.77 bits per heavy atom. The van der Waals surface area contributed by atoms with Crippen molar-refractivity contribution < 1.29 is 19.0 Å². The van der Waals surface area contributed by atoms with E-state index in [1.807, 2.05) is 38.2 Å². The Balaban J connectivity index is 1.75. The lowest BCUT2D eigenvalue weighted by Crippen LogP contribution is -2.44. The van der Waals surface area contributed by atoms with Crippen LogP contribution in [0.2, 0.25) is 0 Å². The van der Waals surface area contributed by atoms with Crippen LogP contribution in [0.25, 0.3) is 5.65 Å². The summed E-state index contributed by atoms with van der Waals surface area (Å²) in [5, 5.41) is 12.5. The Morgan fingerprint density at radius 2 is 2.06 bits per heavy atom. The normalized spacial score (nSPS) is 13.8. The first-order valence-electron chi connectivity index (χ1n) is 10.5. The van der Waals surface area contributed by atoms with Crippen LogP contribution in [0.1, 0.15) is 43.6 Å². The van der Waals surface area contributed by atoms with Gasteiger partial charge in [0, 0.05) is 24.2 Å². The highest BCUT2D eigenvalue weighted by atomic mass is 16.5. The Labute approximate surface area is 181 Å². The zero-order valence-corrected chi connectivity index (χ0v) is 18.7. The van der Waals surface area contributed by atoms with Crippen LogP contribution in [-0.2, 0) is 12.0 Å². The van der Waals surface area contributed by atoms with E-state index in [0.717, 1.165) is 23.5 Å². The topological polar surface area (TPSA) is 85.0 Å². The lowest BCUT2D eigenvalue weighted by Gasteiger charge is -2.33. The summed E-state index contributed by atoms with van der Waals surface area (Å²) in [5.41, 5.74) is 2.99. The van der Waals surface area contributed by atoms with Crippen LogP contribution in [-0.4, -0.2) is 37.0 Å². The van der Waals surface area contributed by atoms with Gasteiger partial charge in [0.25, 0.3) is 5.65 Å². The molecular formula is C23H29N5O3. The lowest BCUT2D eigenvalue weighted by atomic mass is 9.81. The maximum absolute atomic E-state index is 13.4. The first kappa shape index (κ1) is 21.0. The molecule has 31 heavy (non-hydrogen) atoms. The van der Waals surface area contributed by atoms with Gasteiger partial charge >= 0.3 is 0 Å². The van der Waals surface area contributed by atoms with Crippen LogP contribution in [0, 0.1) is 5.41 Å². The Hall–Kier alpha value is -3.29. The van der Waals surface area contributed by atoms with Crippen molar-refractivity contribution in [1.29, 1.82) is 5.41 Å². The number of carbonyl (C=O) groups excluding carboxylic acids is 1. The Morgan fingerprint density at radius 1 is 1.29 bits per heavy atom. The van der Waals surface area contributed by atoms with E-state index < -0.39 is 0 Å². The number of benzene rings is 1. The monoisotopic (exact) mass is 423 g/mol. The molecular weight excluding hydrogens is 394 g/mol. The molecule has 1 N–H and O–H groups in total. The number of anilines is 1. The number of aromatic nitrogens is 3. The summed E-state index contributed by atoms with van der Waals surface area (Å²) >= 11 is 0. The second-order valence-corrected chi connectivity index (χ2v) is 8.79. The number of fused-ring (bicyclic) bond motifs is 2. The second kappa shape index (κ2) is 7.76. The summed E-state index contributed by atoms with van der Waals surface area (Å²) in [6.45, 7) is 10.2. The average molecular weight is 424 g/mol. The summed E-state index contributed by atoms with van der Waals surface area (Å²) in [7, 11) is 2.04. The zero-order valence-electron chi connectivity index (χ0n) is 18.7. The summed E-state index contributed by atoms with van der Waals surface area (Å²) in [6.07, 6.45) is 1.72. The summed E-state index contributed by atoms with van der Waals surface area (Å²) in [5.74, 6) is 1.38. The summed E-state index contributed by atoms with van der Waals surface area (Å²) < 4.78 is 14.7. The molecule has 1 aromatic carbocycles. The van der Waals surface area contributed by atoms with Gasteiger partial charge in [-0.05, 0) is 30.5 Å². The minimum absolute atomic E-state index is 0.0358. The van der Waals surface area contributed by atoms with Crippen molar-refractivity contribution in [1.82, 2.24) is 9.50 Å². The number of carbonyl (C=O) groups is 1. The van der Waals surface area contributed by atoms with E-state index in [-0.39, 0.29) is 23.4 Å². The molecule has 3 heterocycles. The van der Waals surface area contributed by atoms with Crippen LogP contribution < -0.4 is 29.8 Å². The van der Waals surface area contributed by atoms with Gasteiger partial charge in [0.1, 0.15) is 18.6 Å². The van der Waals surface area contributed by atoms with Crippen molar-refractivity contribution >= 4 is 17.1 Å². The van der Waals surface area contributed by atoms with E-state index in [2.05, 4.69) is 30.8 Å². The van der Waals surface area contributed by atoms with Crippen LogP contribution in [0.5, 0.6) is 11.5 Å². The molecule has 0 atom stereocenters. The number of hydrogen-bond acceptors (Lipinski definition) is 5. The molecule has 8 nitrogen and oxygen atoms in total. The van der Waals surface area contributed by atoms with E-state index in [4.69, 9.17) is 14.9 Å². The Bertz CT molecular complexity index is 1200. The van der Waals surface area contributed by atoms with Crippen molar-refractivity contribution in [2.45, 2.75) is 39.7 Å². The van der Waals surface area contributed by atoms with E-state index in [0.29, 0.717) is 30.2 Å². The summed E-state index contributed by atoms with van der Waals surface area (Å²) in [4.78, 5) is 15.6. The van der Waals surface area contributed by atoms with Gasteiger partial charge in [-0.2, -0.15) is 14.2 Å². The van der Waals surface area contributed by atoms with Gasteiger partial charge in [-0.15, -0.1) is 0 Å². The van der Waals surface area contributed by atoms with Crippen LogP contribution in [0.3, 0.4) is 0 Å². The molecule has 1 aliphatic heterocycles. The summed E-state index contributed by atoms with van der Waals surface area (Å²) in [6, 6.07) is 7.49. The molecule has 8 heteroatoms. The first-order chi connectivity index (χ1) is 14.7. The molecule has 0 saturated heterocycles. The maximum Gasteiger partial charge on any atom is 0.296 e. The lowest BCUT2D eigenvalue weighted by molar-refractivity contribution is -0.720. The van der Waals surface area contributed by atoms with Gasteiger partial charge in [0.05, 0.1) is 18.8 Å². The standard InChI is InChI=1S/C23H29N5O3/c1-6-30-15-7-10-19-27(13-15)22(24)25-28(19)14-18(29)16-8-9-17-21(20(16)23(2,3)4)31-12-11-26(17)5/h7-10,13,24H,6,11-12,14H2,1-5H3. The van der Waals surface area contributed by atoms with Gasteiger partial charge < -0.3 is 19.8 Å². The van der Waals surface area contributed by atoms with Crippen molar-refractivity contribution in [2.75, 3.05) is 31.7 Å². The fraction of sp³-hybridized carbons (Fsp3) is 0.435. The fourth-order valence-electron chi connectivity index (χ4n) is 4.06. The second-order valence-electron chi connectivity index (χ2n) is 8.79. The van der Waals surface area contributed by atoms with Gasteiger partial charge in [0.2, 0.25) is 11.4 Å². The molecule has 164 valence electrons. The minimum Gasteiger partial charge on any atom is -0.490 e. The van der Waals surface area contributed by atoms with Gasteiger partial charge in [-0.3, -0.25) is 4.79 Å². The molecule has 0 unspecified atom stereocenters. The molecule has 0 radical (unpaired) electrons. The van der Waals surface area contributed by atoms with Crippen LogP contribution in [0.4, 0.5) is 5.69 Å². The number of nitrogens with one attached hydrogen (secondary N) is 1. The van der Waals surface area contributed by atoms with Crippen molar-refractivity contribution in [3.8, 4) is 11.5 Å². The van der Waals surface area contributed by atoms with E-state index in [9.17, 15) is 4.79 Å². The number of pyridine rings is 1. The molecule has 0 fully saturated rings. The molecule has 0 aliphatic carbocycles. The quantitative estimate of drug-likeness (QED) is 0.502. The third kappa shape index (κ3) is 3.78. The van der Waals surface area contributed by atoms with Crippen molar-refractivity contribution in [3.05, 3.63) is 47.2 Å². The Kier molecular flexibility index (Phi) is 5.24. The number of rotatable bonds is 5. The SMILES string of the molecule is CCOc1ccc2n(c1)c(=N)[n-][n+]2CC(=O)c1ccc2c(c1C(C)(C)C)OCCN2C. The highest BCUT2D eigenvalue weighted by Gasteiger charge is 2.31. The van der Waals surface area contributed by atoms with Crippen molar-refractivity contribution in [3.63, 3.8) is 0 Å². The number of nitrogens with zero attached hydrogens (tertiary/aromatic N) is 4. The van der Waals surface area contributed by atoms with Crippen LogP contribution in [0.15, 0.2) is 30.5 Å². The number of hydrogen-bond donors (Lipinski definition) is 1. The number of ether oxygens (including phenoxy) is 2. The molecule has 0 saturated carbocycles. The number of likely N-dealkylation sites (N-methyl/N-ethyl adjacent to an activating group) is 1. The molecule has 0 spiro atoms. The highest BCUT2D eigenvalue weighted by molar-refractivity contribution is 5.98. The number of Topliss-reactive ketones (excluding diaryl/α,β-unsaturated/α-hetero) is 1. The molecule has 0 amide bonds. The van der Waals surface area contributed by atoms with E-state index >= 15 is 0 Å². The minimum atomic E-state index is -0.275. The van der Waals surface area contributed by atoms with E-state index in [1.54, 1.807) is 15.3 Å². The first-order valence-corrected chi connectivity index (χ1v) is 10.5. The molecule has 2 aromatic heterocycles. The smallest absolute Gasteiger partial charge is 0.296 e. The van der Waals surface area contributed by atoms with Gasteiger partial charge in [-0.1, -0.05) is 20.8 Å². The van der Waals surface area contributed by atoms with Crippen LogP contribution >= 0.6 is 0 Å². The number of ketones is 1. The predicted octanol–water partition coefficient (Wildman–Crippen LogP) is 2.07. The molecule has 0 bridgehead atoms. The third-order valence-corrected chi connectivity index (χ3v) is 5.48. The molecule has 4 rings (SSSR count). The van der Waals surface area contributed by atoms with Gasteiger partial charge in [-0.25, -0.2) is 0 Å². The van der Waals surface area contributed by atoms with Crippen molar-refractivity contribution in [2.24, 2.45) is 0 Å². The maximum atomic E-state index is 13.4. The van der Waals surface area contributed by atoms with E-state index in [1.165, 1.54) is 0 Å². The average Bonchev–Trinajstić information content (AvgIpc) is 3.01.